The molecule has 0 aromatic rings. The molecule has 0 rings (SSSR count). The van der Waals surface area contributed by atoms with Crippen molar-refractivity contribution in [2.75, 3.05) is 12.0 Å². The van der Waals surface area contributed by atoms with Crippen LogP contribution in [-0.2, 0) is 9.84 Å². The van der Waals surface area contributed by atoms with E-state index in [4.69, 9.17) is 0 Å². The molecule has 74 valence electrons. The van der Waals surface area contributed by atoms with Gasteiger partial charge in [0, 0.05) is 6.26 Å². The van der Waals surface area contributed by atoms with Crippen LogP contribution in [0.5, 0.6) is 0 Å². The minimum Gasteiger partial charge on any atom is -0.393 e. The Hall–Kier alpha value is -0.0900. The van der Waals surface area contributed by atoms with Crippen molar-refractivity contribution < 1.29 is 13.5 Å². The van der Waals surface area contributed by atoms with Gasteiger partial charge >= 0.3 is 0 Å². The fourth-order valence-electron chi connectivity index (χ4n) is 1.15. The third-order valence-electron chi connectivity index (χ3n) is 2.07. The summed E-state index contributed by atoms with van der Waals surface area (Å²) in [5, 5.41) is 9.21. The van der Waals surface area contributed by atoms with Crippen LogP contribution in [0.2, 0.25) is 0 Å². The molecule has 0 amide bonds. The van der Waals surface area contributed by atoms with Gasteiger partial charge in [-0.25, -0.2) is 8.42 Å². The Morgan fingerprint density at radius 3 is 2.17 bits per heavy atom. The van der Waals surface area contributed by atoms with Gasteiger partial charge in [-0.3, -0.25) is 0 Å². The first-order chi connectivity index (χ1) is 5.37. The van der Waals surface area contributed by atoms with E-state index in [0.717, 1.165) is 6.42 Å². The van der Waals surface area contributed by atoms with Crippen LogP contribution >= 0.6 is 0 Å². The lowest BCUT2D eigenvalue weighted by Crippen LogP contribution is -2.19. The lowest BCUT2D eigenvalue weighted by atomic mass is 9.98. The van der Waals surface area contributed by atoms with Crippen molar-refractivity contribution in [3.8, 4) is 0 Å². The van der Waals surface area contributed by atoms with Gasteiger partial charge in [-0.05, 0) is 19.3 Å². The van der Waals surface area contributed by atoms with E-state index in [-0.39, 0.29) is 11.7 Å². The summed E-state index contributed by atoms with van der Waals surface area (Å²) < 4.78 is 21.6. The molecule has 0 bridgehead atoms. The number of aliphatic hydroxyl groups is 1. The van der Waals surface area contributed by atoms with Gasteiger partial charge in [0.1, 0.15) is 9.84 Å². The summed E-state index contributed by atoms with van der Waals surface area (Å²) in [6, 6.07) is 0. The van der Waals surface area contributed by atoms with Crippen LogP contribution < -0.4 is 0 Å². The predicted octanol–water partition coefficient (Wildman–Crippen LogP) is 0.828. The van der Waals surface area contributed by atoms with Gasteiger partial charge in [0.25, 0.3) is 0 Å². The zero-order chi connectivity index (χ0) is 9.78. The molecule has 0 aromatic heterocycles. The van der Waals surface area contributed by atoms with Gasteiger partial charge in [-0.15, -0.1) is 0 Å². The fourth-order valence-corrected chi connectivity index (χ4v) is 1.88. The van der Waals surface area contributed by atoms with Crippen molar-refractivity contribution in [3.63, 3.8) is 0 Å². The van der Waals surface area contributed by atoms with E-state index in [1.54, 1.807) is 6.92 Å². The SMILES string of the molecule is CCC(CCS(C)(=O)=O)C(C)O. The third-order valence-corrected chi connectivity index (χ3v) is 3.04. The topological polar surface area (TPSA) is 54.4 Å². The summed E-state index contributed by atoms with van der Waals surface area (Å²) in [4.78, 5) is 0. The summed E-state index contributed by atoms with van der Waals surface area (Å²) in [6.45, 7) is 3.66. The Labute approximate surface area is 74.7 Å². The van der Waals surface area contributed by atoms with Crippen LogP contribution in [0, 0.1) is 5.92 Å². The second kappa shape index (κ2) is 4.82. The van der Waals surface area contributed by atoms with E-state index in [1.807, 2.05) is 6.92 Å². The molecule has 4 heteroatoms. The number of hydrogen-bond acceptors (Lipinski definition) is 3. The largest absolute Gasteiger partial charge is 0.393 e. The highest BCUT2D eigenvalue weighted by Crippen LogP contribution is 2.13. The molecular weight excluding hydrogens is 176 g/mol. The second-order valence-corrected chi connectivity index (χ2v) is 5.59. The standard InChI is InChI=1S/C8H18O3S/c1-4-8(7(2)9)5-6-12(3,10)11/h7-9H,4-6H2,1-3H3. The van der Waals surface area contributed by atoms with Crippen molar-refractivity contribution in [1.82, 2.24) is 0 Å². The van der Waals surface area contributed by atoms with E-state index < -0.39 is 15.9 Å². The molecule has 3 nitrogen and oxygen atoms in total. The van der Waals surface area contributed by atoms with Crippen molar-refractivity contribution in [1.29, 1.82) is 0 Å². The van der Waals surface area contributed by atoms with E-state index in [2.05, 4.69) is 0 Å². The molecule has 0 aliphatic rings. The zero-order valence-corrected chi connectivity index (χ0v) is 8.76. The highest BCUT2D eigenvalue weighted by molar-refractivity contribution is 7.90. The van der Waals surface area contributed by atoms with Crippen molar-refractivity contribution in [2.24, 2.45) is 5.92 Å². The van der Waals surface area contributed by atoms with Gasteiger partial charge in [0.05, 0.1) is 11.9 Å². The zero-order valence-electron chi connectivity index (χ0n) is 7.95. The number of aliphatic hydroxyl groups excluding tert-OH is 1. The molecule has 0 radical (unpaired) electrons. The Bertz CT molecular complexity index is 206. The van der Waals surface area contributed by atoms with Gasteiger partial charge in [-0.1, -0.05) is 13.3 Å². The first-order valence-electron chi connectivity index (χ1n) is 4.22. The molecule has 0 heterocycles. The summed E-state index contributed by atoms with van der Waals surface area (Å²) in [7, 11) is -2.87. The number of sulfone groups is 1. The van der Waals surface area contributed by atoms with Crippen molar-refractivity contribution >= 4 is 9.84 Å². The molecule has 0 aromatic carbocycles. The van der Waals surface area contributed by atoms with Gasteiger partial charge in [-0.2, -0.15) is 0 Å². The normalized spacial score (nSPS) is 17.3. The molecule has 0 fully saturated rings. The highest BCUT2D eigenvalue weighted by atomic mass is 32.2. The van der Waals surface area contributed by atoms with E-state index in [0.29, 0.717) is 6.42 Å². The third kappa shape index (κ3) is 5.55. The lowest BCUT2D eigenvalue weighted by molar-refractivity contribution is 0.121. The molecule has 0 saturated heterocycles. The van der Waals surface area contributed by atoms with Crippen molar-refractivity contribution in [3.05, 3.63) is 0 Å². The minimum absolute atomic E-state index is 0.111. The highest BCUT2D eigenvalue weighted by Gasteiger charge is 2.14. The summed E-state index contributed by atoms with van der Waals surface area (Å²) in [5.41, 5.74) is 0. The Morgan fingerprint density at radius 2 is 1.92 bits per heavy atom. The van der Waals surface area contributed by atoms with Crippen LogP contribution in [0.4, 0.5) is 0 Å². The minimum atomic E-state index is -2.87. The van der Waals surface area contributed by atoms with Gasteiger partial charge in [0.15, 0.2) is 0 Å². The van der Waals surface area contributed by atoms with Crippen LogP contribution in [0.3, 0.4) is 0 Å². The molecule has 1 N–H and O–H groups in total. The second-order valence-electron chi connectivity index (χ2n) is 3.33. The van der Waals surface area contributed by atoms with Crippen LogP contribution in [0.15, 0.2) is 0 Å². The van der Waals surface area contributed by atoms with Crippen molar-refractivity contribution in [2.45, 2.75) is 32.8 Å². The number of hydrogen-bond donors (Lipinski definition) is 1. The fraction of sp³-hybridized carbons (Fsp3) is 1.00. The lowest BCUT2D eigenvalue weighted by Gasteiger charge is -2.16. The molecule has 0 saturated carbocycles. The number of rotatable bonds is 5. The van der Waals surface area contributed by atoms with Crippen LogP contribution in [-0.4, -0.2) is 31.6 Å². The molecule has 0 spiro atoms. The maximum absolute atomic E-state index is 10.8. The Morgan fingerprint density at radius 1 is 1.42 bits per heavy atom. The monoisotopic (exact) mass is 194 g/mol. The summed E-state index contributed by atoms with van der Waals surface area (Å²) in [6.07, 6.45) is 2.21. The van der Waals surface area contributed by atoms with Crippen LogP contribution in [0.1, 0.15) is 26.7 Å². The average molecular weight is 194 g/mol. The molecule has 12 heavy (non-hydrogen) atoms. The molecular formula is C8H18O3S. The molecule has 0 aliphatic heterocycles. The molecule has 2 atom stereocenters. The Balaban J connectivity index is 3.90. The average Bonchev–Trinajstić information content (AvgIpc) is 1.85. The van der Waals surface area contributed by atoms with E-state index >= 15 is 0 Å². The van der Waals surface area contributed by atoms with E-state index in [9.17, 15) is 13.5 Å². The van der Waals surface area contributed by atoms with Gasteiger partial charge in [0.2, 0.25) is 0 Å². The van der Waals surface area contributed by atoms with Gasteiger partial charge < -0.3 is 5.11 Å². The summed E-state index contributed by atoms with van der Waals surface area (Å²) in [5.74, 6) is 0.288. The first kappa shape index (κ1) is 11.9. The molecule has 0 aliphatic carbocycles. The Kier molecular flexibility index (Phi) is 4.78. The van der Waals surface area contributed by atoms with E-state index in [1.165, 1.54) is 6.26 Å². The maximum atomic E-state index is 10.8. The first-order valence-corrected chi connectivity index (χ1v) is 6.28. The predicted molar refractivity (Wildman–Crippen MR) is 49.8 cm³/mol. The molecule has 2 unspecified atom stereocenters. The maximum Gasteiger partial charge on any atom is 0.147 e. The smallest absolute Gasteiger partial charge is 0.147 e. The summed E-state index contributed by atoms with van der Waals surface area (Å²) >= 11 is 0. The quantitative estimate of drug-likeness (QED) is 0.705. The van der Waals surface area contributed by atoms with Crippen LogP contribution in [0.25, 0.3) is 0 Å².